The van der Waals surface area contributed by atoms with Crippen molar-refractivity contribution in [3.63, 3.8) is 0 Å². The molecular weight excluding hydrogens is 318 g/mol. The number of carbonyl (C=O) groups is 1. The van der Waals surface area contributed by atoms with Gasteiger partial charge in [0.05, 0.1) is 0 Å². The van der Waals surface area contributed by atoms with Crippen LogP contribution in [0.3, 0.4) is 0 Å². The van der Waals surface area contributed by atoms with E-state index in [1.54, 1.807) is 12.1 Å². The molecule has 8 heteroatoms. The maximum Gasteiger partial charge on any atom is 0.453 e. The first-order valence-corrected chi connectivity index (χ1v) is 7.92. The minimum Gasteiger partial charge on any atom is -0.459 e. The van der Waals surface area contributed by atoms with Crippen molar-refractivity contribution in [2.45, 2.75) is 50.0 Å². The molecule has 1 aromatic carbocycles. The second kappa shape index (κ2) is 6.21. The Morgan fingerprint density at radius 2 is 1.88 bits per heavy atom. The number of aliphatic hydroxyl groups is 4. The molecule has 3 rings (SSSR count). The van der Waals surface area contributed by atoms with E-state index < -0.39 is 11.9 Å². The Kier molecular flexibility index (Phi) is 4.39. The lowest BCUT2D eigenvalue weighted by Crippen LogP contribution is -2.36. The predicted octanol–water partition coefficient (Wildman–Crippen LogP) is -0.102. The van der Waals surface area contributed by atoms with Gasteiger partial charge in [0.15, 0.2) is 11.5 Å². The van der Waals surface area contributed by atoms with Gasteiger partial charge in [-0.25, -0.2) is 0 Å². The normalized spacial score (nSPS) is 23.2. The number of carbonyl (C=O) groups excluding carboxylic acids is 1. The highest BCUT2D eigenvalue weighted by molar-refractivity contribution is 5.79. The maximum atomic E-state index is 11.4. The molecule has 2 fully saturated rings. The van der Waals surface area contributed by atoms with Crippen LogP contribution in [0.5, 0.6) is 11.5 Å². The van der Waals surface area contributed by atoms with Crippen LogP contribution in [0.4, 0.5) is 0 Å². The second-order valence-corrected chi connectivity index (χ2v) is 6.34. The van der Waals surface area contributed by atoms with Crippen LogP contribution in [-0.4, -0.2) is 44.8 Å². The van der Waals surface area contributed by atoms with E-state index in [4.69, 9.17) is 20.1 Å². The fourth-order valence-electron chi connectivity index (χ4n) is 3.17. The summed E-state index contributed by atoms with van der Waals surface area (Å²) in [5.74, 6) is -1.49. The van der Waals surface area contributed by atoms with Crippen LogP contribution in [0.15, 0.2) is 18.2 Å². The molecule has 5 N–H and O–H groups in total. The molecule has 1 saturated heterocycles. The summed E-state index contributed by atoms with van der Waals surface area (Å²) in [4.78, 5) is 11.4. The first-order valence-electron chi connectivity index (χ1n) is 7.92. The Hall–Kier alpha value is -1.87. The van der Waals surface area contributed by atoms with Gasteiger partial charge in [-0.05, 0) is 30.5 Å². The van der Waals surface area contributed by atoms with Gasteiger partial charge < -0.3 is 35.2 Å². The Labute approximate surface area is 138 Å². The average molecular weight is 339 g/mol. The minimum absolute atomic E-state index is 0.0442. The molecule has 0 radical (unpaired) electrons. The smallest absolute Gasteiger partial charge is 0.453 e. The summed E-state index contributed by atoms with van der Waals surface area (Å²) in [6.45, 7) is 0.493. The summed E-state index contributed by atoms with van der Waals surface area (Å²) in [7, 11) is 0. The van der Waals surface area contributed by atoms with Crippen LogP contribution in [0.25, 0.3) is 0 Å². The molecule has 1 unspecified atom stereocenters. The molecule has 1 aromatic rings. The van der Waals surface area contributed by atoms with E-state index in [-0.39, 0.29) is 23.3 Å². The lowest BCUT2D eigenvalue weighted by Gasteiger charge is -2.27. The Balaban J connectivity index is 1.89. The third-order valence-electron chi connectivity index (χ3n) is 4.35. The summed E-state index contributed by atoms with van der Waals surface area (Å²) < 4.78 is 10.3. The molecule has 0 bridgehead atoms. The highest BCUT2D eigenvalue weighted by Crippen LogP contribution is 2.39. The van der Waals surface area contributed by atoms with Crippen molar-refractivity contribution in [1.29, 1.82) is 0 Å². The van der Waals surface area contributed by atoms with E-state index in [0.29, 0.717) is 25.8 Å². The van der Waals surface area contributed by atoms with Crippen molar-refractivity contribution in [3.8, 4) is 11.5 Å². The molecule has 1 atom stereocenters. The maximum absolute atomic E-state index is 11.4. The van der Waals surface area contributed by atoms with Gasteiger partial charge in [0.1, 0.15) is 0 Å². The van der Waals surface area contributed by atoms with Crippen LogP contribution in [0.1, 0.15) is 43.6 Å². The number of benzene rings is 1. The Bertz CT molecular complexity index is 619. The highest BCUT2D eigenvalue weighted by atomic mass is 16.9. The standard InChI is InChI=1S/C16H21NO7/c18-14-8-11(9-17-14)10-3-4-12(24-16(20,21)22)13(7-10)23-15(19)5-1-2-6-15/h3-4,7,11,19-22H,1-2,5-6,8-9H2,(H,17,18). The third-order valence-corrected chi connectivity index (χ3v) is 4.35. The molecule has 1 aliphatic heterocycles. The number of amides is 1. The second-order valence-electron chi connectivity index (χ2n) is 6.34. The molecule has 24 heavy (non-hydrogen) atoms. The number of ether oxygens (including phenoxy) is 2. The fourth-order valence-corrected chi connectivity index (χ4v) is 3.17. The van der Waals surface area contributed by atoms with Gasteiger partial charge in [-0.1, -0.05) is 6.07 Å². The fraction of sp³-hybridized carbons (Fsp3) is 0.562. The monoisotopic (exact) mass is 339 g/mol. The lowest BCUT2D eigenvalue weighted by molar-refractivity contribution is -0.420. The number of rotatable bonds is 5. The van der Waals surface area contributed by atoms with Gasteiger partial charge in [-0.2, -0.15) is 0 Å². The molecule has 1 heterocycles. The van der Waals surface area contributed by atoms with E-state index in [1.807, 2.05) is 0 Å². The summed E-state index contributed by atoms with van der Waals surface area (Å²) in [5.41, 5.74) is 0.789. The van der Waals surface area contributed by atoms with E-state index in [9.17, 15) is 9.90 Å². The SMILES string of the molecule is O=C1CC(c2ccc(OC(O)(O)O)c(OC3(O)CCCC3)c2)CN1. The summed E-state index contributed by atoms with van der Waals surface area (Å²) in [6, 6.07) is 4.64. The van der Waals surface area contributed by atoms with Crippen molar-refractivity contribution in [1.82, 2.24) is 5.32 Å². The highest BCUT2D eigenvalue weighted by Gasteiger charge is 2.35. The van der Waals surface area contributed by atoms with Gasteiger partial charge in [-0.3, -0.25) is 4.79 Å². The van der Waals surface area contributed by atoms with Crippen LogP contribution >= 0.6 is 0 Å². The zero-order chi connectivity index (χ0) is 17.4. The minimum atomic E-state index is -3.36. The van der Waals surface area contributed by atoms with E-state index in [2.05, 4.69) is 10.1 Å². The first kappa shape index (κ1) is 17.0. The molecule has 132 valence electrons. The van der Waals surface area contributed by atoms with Gasteiger partial charge in [0.2, 0.25) is 11.7 Å². The van der Waals surface area contributed by atoms with Crippen molar-refractivity contribution in [2.24, 2.45) is 0 Å². The number of hydrogen-bond donors (Lipinski definition) is 5. The van der Waals surface area contributed by atoms with Crippen molar-refractivity contribution < 1.29 is 34.7 Å². The van der Waals surface area contributed by atoms with Gasteiger partial charge in [0, 0.05) is 31.7 Å². The molecule has 1 amide bonds. The first-order chi connectivity index (χ1) is 11.2. The zero-order valence-corrected chi connectivity index (χ0v) is 13.1. The van der Waals surface area contributed by atoms with Crippen LogP contribution in [0, 0.1) is 0 Å². The molecule has 0 aromatic heterocycles. The van der Waals surface area contributed by atoms with Crippen LogP contribution in [-0.2, 0) is 4.79 Å². The quantitative estimate of drug-likeness (QED) is 0.474. The summed E-state index contributed by atoms with van der Waals surface area (Å²) in [6.07, 6.45) is -0.489. The Morgan fingerprint density at radius 1 is 1.17 bits per heavy atom. The summed E-state index contributed by atoms with van der Waals surface area (Å²) >= 11 is 0. The van der Waals surface area contributed by atoms with Gasteiger partial charge >= 0.3 is 6.16 Å². The van der Waals surface area contributed by atoms with E-state index in [0.717, 1.165) is 18.4 Å². The number of hydrogen-bond acceptors (Lipinski definition) is 7. The zero-order valence-electron chi connectivity index (χ0n) is 13.1. The third kappa shape index (κ3) is 3.96. The van der Waals surface area contributed by atoms with Gasteiger partial charge in [0.25, 0.3) is 0 Å². The molecule has 1 aliphatic carbocycles. The van der Waals surface area contributed by atoms with Crippen LogP contribution in [0.2, 0.25) is 0 Å². The van der Waals surface area contributed by atoms with Crippen molar-refractivity contribution >= 4 is 5.91 Å². The molecule has 2 aliphatic rings. The predicted molar refractivity (Wildman–Crippen MR) is 80.9 cm³/mol. The summed E-state index contributed by atoms with van der Waals surface area (Å²) in [5, 5.41) is 40.3. The topological polar surface area (TPSA) is 128 Å². The molecule has 0 spiro atoms. The lowest BCUT2D eigenvalue weighted by atomic mass is 9.98. The van der Waals surface area contributed by atoms with Gasteiger partial charge in [-0.15, -0.1) is 0 Å². The van der Waals surface area contributed by atoms with E-state index in [1.165, 1.54) is 6.07 Å². The largest absolute Gasteiger partial charge is 0.459 e. The van der Waals surface area contributed by atoms with Crippen molar-refractivity contribution in [2.75, 3.05) is 6.54 Å². The molecule has 8 nitrogen and oxygen atoms in total. The molecular formula is C16H21NO7. The number of nitrogens with one attached hydrogen (secondary N) is 1. The van der Waals surface area contributed by atoms with Crippen molar-refractivity contribution in [3.05, 3.63) is 23.8 Å². The Morgan fingerprint density at radius 3 is 2.46 bits per heavy atom. The van der Waals surface area contributed by atoms with E-state index >= 15 is 0 Å². The molecule has 1 saturated carbocycles. The van der Waals surface area contributed by atoms with Crippen LogP contribution < -0.4 is 14.8 Å². The average Bonchev–Trinajstić information content (AvgIpc) is 3.08.